The van der Waals surface area contributed by atoms with Gasteiger partial charge in [-0.15, -0.1) is 0 Å². The minimum atomic E-state index is -1.61. The number of hydrogen-bond donors (Lipinski definition) is 0. The third-order valence-corrected chi connectivity index (χ3v) is 6.60. The normalized spacial score (nSPS) is 47.9. The first-order valence-electron chi connectivity index (χ1n) is 9.14. The van der Waals surface area contributed by atoms with Crippen LogP contribution in [0.3, 0.4) is 0 Å². The molecule has 7 heteroatoms. The number of methoxy groups -OCH3 is 1. The molecule has 25 heavy (non-hydrogen) atoms. The van der Waals surface area contributed by atoms with E-state index in [-0.39, 0.29) is 12.5 Å². The van der Waals surface area contributed by atoms with Crippen molar-refractivity contribution in [2.45, 2.75) is 73.5 Å². The molecule has 2 heterocycles. The number of carbonyl (C=O) groups is 1. The van der Waals surface area contributed by atoms with Gasteiger partial charge in [0.05, 0.1) is 39.5 Å². The van der Waals surface area contributed by atoms with E-state index in [1.54, 1.807) is 0 Å². The van der Waals surface area contributed by atoms with E-state index in [9.17, 15) is 4.79 Å². The lowest BCUT2D eigenvalue weighted by atomic mass is 9.37. The van der Waals surface area contributed by atoms with Crippen molar-refractivity contribution in [3.8, 4) is 0 Å². The Labute approximate surface area is 153 Å². The van der Waals surface area contributed by atoms with Crippen LogP contribution in [-0.4, -0.2) is 65.8 Å². The number of carbonyl (C=O) groups excluding carboxylic acids is 1. The largest absolute Gasteiger partial charge is 0.380 e. The van der Waals surface area contributed by atoms with Gasteiger partial charge in [0, 0.05) is 13.0 Å². The van der Waals surface area contributed by atoms with E-state index in [4.69, 9.17) is 37.7 Å². The van der Waals surface area contributed by atoms with Crippen LogP contribution in [0.25, 0.3) is 0 Å². The van der Waals surface area contributed by atoms with Crippen LogP contribution in [-0.2, 0) is 19.0 Å². The SMILES string of the molecule is [B]C1([B])C[C@]2(CO2)[C@@H](C2(C)O[C@@H]2CC=C2CCCC2)[C@]([B])(OC)C1=O. The van der Waals surface area contributed by atoms with Gasteiger partial charge in [0.15, 0.2) is 0 Å². The number of hydrogen-bond acceptors (Lipinski definition) is 4. The number of ether oxygens (including phenoxy) is 3. The lowest BCUT2D eigenvalue weighted by Gasteiger charge is -2.51. The van der Waals surface area contributed by atoms with Gasteiger partial charge in [-0.05, 0) is 50.7 Å². The molecular formula is C18H23B3O4. The third kappa shape index (κ3) is 2.61. The fraction of sp³-hybridized carbons (Fsp3) is 0.833. The summed E-state index contributed by atoms with van der Waals surface area (Å²) in [7, 11) is 19.9. The van der Waals surface area contributed by atoms with Crippen molar-refractivity contribution >= 4 is 29.3 Å². The smallest absolute Gasteiger partial charge is 0.144 e. The van der Waals surface area contributed by atoms with Crippen molar-refractivity contribution in [1.29, 1.82) is 0 Å². The second-order valence-corrected chi connectivity index (χ2v) is 8.43. The summed E-state index contributed by atoms with van der Waals surface area (Å²) in [6, 6.07) is 0. The van der Waals surface area contributed by atoms with Gasteiger partial charge in [0.2, 0.25) is 0 Å². The Morgan fingerprint density at radius 1 is 1.28 bits per heavy atom. The van der Waals surface area contributed by atoms with Gasteiger partial charge in [0.1, 0.15) is 19.2 Å². The van der Waals surface area contributed by atoms with E-state index < -0.39 is 33.6 Å². The van der Waals surface area contributed by atoms with Crippen molar-refractivity contribution in [2.24, 2.45) is 5.92 Å². The average Bonchev–Trinajstić information content (AvgIpc) is 3.36. The fourth-order valence-corrected chi connectivity index (χ4v) is 5.20. The van der Waals surface area contributed by atoms with E-state index in [1.165, 1.54) is 38.4 Å². The lowest BCUT2D eigenvalue weighted by molar-refractivity contribution is -0.151. The second-order valence-electron chi connectivity index (χ2n) is 8.43. The van der Waals surface area contributed by atoms with Crippen molar-refractivity contribution in [2.75, 3.05) is 13.7 Å². The summed E-state index contributed by atoms with van der Waals surface area (Å²) in [5.41, 5.74) is -1.33. The van der Waals surface area contributed by atoms with Crippen LogP contribution in [0.2, 0.25) is 5.21 Å². The summed E-state index contributed by atoms with van der Waals surface area (Å²) in [6.45, 7) is 2.46. The van der Waals surface area contributed by atoms with Gasteiger partial charge in [-0.1, -0.05) is 11.6 Å². The first-order valence-corrected chi connectivity index (χ1v) is 9.14. The van der Waals surface area contributed by atoms with Crippen LogP contribution in [0.1, 0.15) is 45.4 Å². The van der Waals surface area contributed by atoms with E-state index in [0.717, 1.165) is 6.42 Å². The van der Waals surface area contributed by atoms with Crippen LogP contribution in [0, 0.1) is 5.92 Å². The van der Waals surface area contributed by atoms with Crippen LogP contribution in [0.4, 0.5) is 0 Å². The number of rotatable bonds is 4. The van der Waals surface area contributed by atoms with Crippen LogP contribution in [0.15, 0.2) is 11.6 Å². The molecule has 128 valence electrons. The van der Waals surface area contributed by atoms with E-state index in [2.05, 4.69) is 6.08 Å². The standard InChI is InChI=1S/C18H23B3O4/c1-15(12(25-15)8-7-11-5-3-4-6-11)13-16(10-24-16)9-17(19,20)14(22)18(13,21)23-2/h7,12-13H,3-6,8-10H2,1-2H3/t12-,13-,15?,16+,18+/m1/s1. The summed E-state index contributed by atoms with van der Waals surface area (Å²) < 4.78 is 17.3. The Morgan fingerprint density at radius 2 is 1.92 bits per heavy atom. The monoisotopic (exact) mass is 336 g/mol. The molecule has 4 aliphatic rings. The average molecular weight is 336 g/mol. The molecule has 4 fully saturated rings. The summed E-state index contributed by atoms with van der Waals surface area (Å²) in [4.78, 5) is 12.9. The Kier molecular flexibility index (Phi) is 3.93. The third-order valence-electron chi connectivity index (χ3n) is 6.60. The first kappa shape index (κ1) is 17.9. The van der Waals surface area contributed by atoms with Crippen molar-refractivity contribution in [3.05, 3.63) is 11.6 Å². The molecule has 4 nitrogen and oxygen atoms in total. The number of allylic oxidation sites excluding steroid dienone is 1. The Balaban J connectivity index is 1.60. The number of epoxide rings is 2. The van der Waals surface area contributed by atoms with E-state index in [1.807, 2.05) is 6.92 Å². The molecule has 2 aliphatic carbocycles. The fourth-order valence-electron chi connectivity index (χ4n) is 5.20. The number of Topliss-reactive ketones (excluding diaryl/α,β-unsaturated/α-hetero) is 1. The topological polar surface area (TPSA) is 51.4 Å². The Morgan fingerprint density at radius 3 is 2.48 bits per heavy atom. The molecular weight excluding hydrogens is 313 g/mol. The highest BCUT2D eigenvalue weighted by Gasteiger charge is 2.77. The summed E-state index contributed by atoms with van der Waals surface area (Å²) in [6.07, 6.45) is 8.25. The highest BCUT2D eigenvalue weighted by molar-refractivity contribution is 6.55. The van der Waals surface area contributed by atoms with Gasteiger partial charge in [-0.2, -0.15) is 0 Å². The molecule has 1 unspecified atom stereocenters. The van der Waals surface area contributed by atoms with Crippen molar-refractivity contribution < 1.29 is 19.0 Å². The molecule has 0 aromatic heterocycles. The van der Waals surface area contributed by atoms with Crippen molar-refractivity contribution in [3.63, 3.8) is 0 Å². The quantitative estimate of drug-likeness (QED) is 0.442. The van der Waals surface area contributed by atoms with Crippen LogP contribution >= 0.6 is 0 Å². The molecule has 1 spiro atoms. The molecule has 2 aliphatic heterocycles. The highest BCUT2D eigenvalue weighted by atomic mass is 16.6. The molecule has 0 aromatic carbocycles. The van der Waals surface area contributed by atoms with Crippen LogP contribution < -0.4 is 0 Å². The predicted molar refractivity (Wildman–Crippen MR) is 95.9 cm³/mol. The molecule has 0 aromatic rings. The molecule has 0 bridgehead atoms. The summed E-state index contributed by atoms with van der Waals surface area (Å²) in [5, 5.41) is -1.55. The molecule has 0 amide bonds. The van der Waals surface area contributed by atoms with Gasteiger partial charge in [-0.25, -0.2) is 0 Å². The molecule has 0 N–H and O–H groups in total. The minimum absolute atomic E-state index is 0.000555. The van der Waals surface area contributed by atoms with Gasteiger partial charge < -0.3 is 14.2 Å². The predicted octanol–water partition coefficient (Wildman–Crippen LogP) is 1.36. The zero-order valence-electron chi connectivity index (χ0n) is 15.0. The highest BCUT2D eigenvalue weighted by Crippen LogP contribution is 2.64. The Hall–Kier alpha value is -0.515. The maximum Gasteiger partial charge on any atom is 0.144 e. The zero-order valence-corrected chi connectivity index (χ0v) is 15.0. The first-order chi connectivity index (χ1) is 11.7. The summed E-state index contributed by atoms with van der Waals surface area (Å²) in [5.74, 6) is -0.921. The summed E-state index contributed by atoms with van der Waals surface area (Å²) >= 11 is 0. The lowest BCUT2D eigenvalue weighted by Crippen LogP contribution is -2.66. The van der Waals surface area contributed by atoms with Gasteiger partial charge in [0.25, 0.3) is 0 Å². The number of ketones is 1. The molecule has 2 saturated carbocycles. The molecule has 2 saturated heterocycles. The zero-order chi connectivity index (χ0) is 18.1. The van der Waals surface area contributed by atoms with Gasteiger partial charge in [-0.3, -0.25) is 4.79 Å². The van der Waals surface area contributed by atoms with Gasteiger partial charge >= 0.3 is 0 Å². The molecule has 5 atom stereocenters. The van der Waals surface area contributed by atoms with Crippen LogP contribution in [0.5, 0.6) is 0 Å². The van der Waals surface area contributed by atoms with E-state index >= 15 is 0 Å². The molecule has 6 radical (unpaired) electrons. The van der Waals surface area contributed by atoms with E-state index in [0.29, 0.717) is 6.61 Å². The Bertz CT molecular complexity index is 622. The second kappa shape index (κ2) is 5.49. The minimum Gasteiger partial charge on any atom is -0.380 e. The molecule has 4 rings (SSSR count). The van der Waals surface area contributed by atoms with Crippen molar-refractivity contribution in [1.82, 2.24) is 0 Å². The maximum atomic E-state index is 12.9. The maximum absolute atomic E-state index is 12.9.